The second-order valence-electron chi connectivity index (χ2n) is 11.0. The second-order valence-corrected chi connectivity index (χ2v) is 11.0. The molecule has 2 saturated carbocycles. The highest BCUT2D eigenvalue weighted by molar-refractivity contribution is 5.95. The lowest BCUT2D eigenvalue weighted by molar-refractivity contribution is -0.144. The van der Waals surface area contributed by atoms with E-state index in [1.807, 2.05) is 0 Å². The SMILES string of the molecule is CC1(C)C(=O)C=C[C@]2(C)[C@H]3CC[C@]4(C)C(=CC[C@H]4C4=CC(=O)OC4)[C@@H]3[C@H](O)C[C@@H]12. The molecule has 4 aliphatic carbocycles. The summed E-state index contributed by atoms with van der Waals surface area (Å²) in [5, 5.41) is 11.4. The normalized spacial score (nSPS) is 47.7. The van der Waals surface area contributed by atoms with Gasteiger partial charge in [0.25, 0.3) is 0 Å². The number of carbonyl (C=O) groups is 2. The summed E-state index contributed by atoms with van der Waals surface area (Å²) in [6.45, 7) is 9.15. The summed E-state index contributed by atoms with van der Waals surface area (Å²) in [6.07, 6.45) is 11.3. The van der Waals surface area contributed by atoms with Crippen molar-refractivity contribution in [2.75, 3.05) is 6.61 Å². The van der Waals surface area contributed by atoms with Crippen LogP contribution < -0.4 is 0 Å². The summed E-state index contributed by atoms with van der Waals surface area (Å²) < 4.78 is 5.20. The number of ether oxygens (including phenoxy) is 1. The van der Waals surface area contributed by atoms with Crippen molar-refractivity contribution >= 4 is 11.8 Å². The number of hydrogen-bond donors (Lipinski definition) is 1. The van der Waals surface area contributed by atoms with Crippen LogP contribution >= 0.6 is 0 Å². The monoisotopic (exact) mass is 396 g/mol. The Bertz CT molecular complexity index is 877. The Balaban J connectivity index is 1.52. The average molecular weight is 397 g/mol. The van der Waals surface area contributed by atoms with E-state index in [1.165, 1.54) is 5.57 Å². The lowest BCUT2D eigenvalue weighted by atomic mass is 9.43. The first-order valence-corrected chi connectivity index (χ1v) is 11.1. The number of fused-ring (bicyclic) bond motifs is 5. The minimum atomic E-state index is -0.435. The maximum atomic E-state index is 12.6. The van der Waals surface area contributed by atoms with E-state index in [1.54, 1.807) is 12.2 Å². The molecule has 0 saturated heterocycles. The Kier molecular flexibility index (Phi) is 3.95. The molecular weight excluding hydrogens is 364 g/mol. The molecule has 5 rings (SSSR count). The van der Waals surface area contributed by atoms with Crippen molar-refractivity contribution in [1.82, 2.24) is 0 Å². The van der Waals surface area contributed by atoms with Crippen molar-refractivity contribution in [2.24, 2.45) is 39.9 Å². The molecule has 4 nitrogen and oxygen atoms in total. The van der Waals surface area contributed by atoms with Gasteiger partial charge >= 0.3 is 5.97 Å². The molecule has 0 aromatic heterocycles. The van der Waals surface area contributed by atoms with E-state index in [9.17, 15) is 14.7 Å². The predicted octanol–water partition coefficient (Wildman–Crippen LogP) is 4.00. The van der Waals surface area contributed by atoms with Crippen molar-refractivity contribution in [2.45, 2.75) is 59.5 Å². The molecule has 29 heavy (non-hydrogen) atoms. The minimum Gasteiger partial charge on any atom is -0.458 e. The zero-order valence-electron chi connectivity index (χ0n) is 17.9. The van der Waals surface area contributed by atoms with Gasteiger partial charge in [-0.05, 0) is 65.9 Å². The van der Waals surface area contributed by atoms with Gasteiger partial charge < -0.3 is 9.84 Å². The maximum absolute atomic E-state index is 12.6. The van der Waals surface area contributed by atoms with Gasteiger partial charge in [0.1, 0.15) is 6.61 Å². The Morgan fingerprint density at radius 1 is 1.17 bits per heavy atom. The number of esters is 1. The minimum absolute atomic E-state index is 0.0190. The molecular formula is C25H32O4. The van der Waals surface area contributed by atoms with Crippen LogP contribution in [0.2, 0.25) is 0 Å². The van der Waals surface area contributed by atoms with Crippen molar-refractivity contribution in [1.29, 1.82) is 0 Å². The number of carbonyl (C=O) groups excluding carboxylic acids is 2. The highest BCUT2D eigenvalue weighted by Crippen LogP contribution is 2.67. The third-order valence-electron chi connectivity index (χ3n) is 9.44. The van der Waals surface area contributed by atoms with E-state index in [2.05, 4.69) is 39.8 Å². The molecule has 0 amide bonds. The van der Waals surface area contributed by atoms with Crippen molar-refractivity contribution in [3.8, 4) is 0 Å². The van der Waals surface area contributed by atoms with Crippen LogP contribution in [0.5, 0.6) is 0 Å². The number of allylic oxidation sites excluding steroid dienone is 3. The third-order valence-corrected chi connectivity index (χ3v) is 9.44. The third kappa shape index (κ3) is 2.41. The molecule has 0 aromatic rings. The van der Waals surface area contributed by atoms with Gasteiger partial charge in [-0.2, -0.15) is 0 Å². The van der Waals surface area contributed by atoms with Gasteiger partial charge in [0.05, 0.1) is 6.10 Å². The number of aliphatic hydroxyl groups is 1. The summed E-state index contributed by atoms with van der Waals surface area (Å²) in [5.74, 6) is 0.889. The fraction of sp³-hybridized carbons (Fsp3) is 0.680. The Labute approximate surface area is 173 Å². The summed E-state index contributed by atoms with van der Waals surface area (Å²) in [7, 11) is 0. The molecule has 0 unspecified atom stereocenters. The topological polar surface area (TPSA) is 63.6 Å². The molecule has 0 aromatic carbocycles. The van der Waals surface area contributed by atoms with Crippen molar-refractivity contribution in [3.05, 3.63) is 35.5 Å². The lowest BCUT2D eigenvalue weighted by Crippen LogP contribution is -2.59. The van der Waals surface area contributed by atoms with Crippen LogP contribution in [-0.2, 0) is 14.3 Å². The standard InChI is InChI=1S/C25H32O4/c1-23(2)19-12-18(26)22-16-6-5-15(14-11-21(28)29-13-14)24(16,3)9-7-17(22)25(19,4)10-8-20(23)27/h6,8,10-11,15,17-19,22,26H,5,7,9,12-13H2,1-4H3/t15-,17-,18+,19-,22-,24-,25+/m0/s1. The van der Waals surface area contributed by atoms with E-state index >= 15 is 0 Å². The lowest BCUT2D eigenvalue weighted by Gasteiger charge is -2.61. The second kappa shape index (κ2) is 5.94. The summed E-state index contributed by atoms with van der Waals surface area (Å²) in [6, 6.07) is 0. The van der Waals surface area contributed by atoms with Gasteiger partial charge in [-0.3, -0.25) is 4.79 Å². The largest absolute Gasteiger partial charge is 0.458 e. The Hall–Kier alpha value is -1.68. The van der Waals surface area contributed by atoms with Crippen LogP contribution in [0.1, 0.15) is 53.4 Å². The van der Waals surface area contributed by atoms with E-state index in [-0.39, 0.29) is 34.4 Å². The van der Waals surface area contributed by atoms with Crippen LogP contribution in [0.25, 0.3) is 0 Å². The fourth-order valence-corrected chi connectivity index (χ4v) is 7.80. The first-order chi connectivity index (χ1) is 13.6. The fourth-order valence-electron chi connectivity index (χ4n) is 7.80. The number of cyclic esters (lactones) is 1. The molecule has 0 radical (unpaired) electrons. The molecule has 7 atom stereocenters. The van der Waals surface area contributed by atoms with Crippen molar-refractivity contribution in [3.63, 3.8) is 0 Å². The predicted molar refractivity (Wildman–Crippen MR) is 110 cm³/mol. The molecule has 0 bridgehead atoms. The van der Waals surface area contributed by atoms with Gasteiger partial charge in [-0.15, -0.1) is 0 Å². The highest BCUT2D eigenvalue weighted by atomic mass is 16.5. The molecule has 2 fully saturated rings. The summed E-state index contributed by atoms with van der Waals surface area (Å²) in [4.78, 5) is 24.3. The number of hydrogen-bond acceptors (Lipinski definition) is 4. The zero-order valence-corrected chi connectivity index (χ0v) is 17.9. The first kappa shape index (κ1) is 19.3. The van der Waals surface area contributed by atoms with Gasteiger partial charge in [-0.1, -0.05) is 45.4 Å². The first-order valence-electron chi connectivity index (χ1n) is 11.1. The van der Waals surface area contributed by atoms with Gasteiger partial charge in [0, 0.05) is 17.4 Å². The van der Waals surface area contributed by atoms with Crippen LogP contribution in [0.4, 0.5) is 0 Å². The van der Waals surface area contributed by atoms with Crippen LogP contribution in [0.15, 0.2) is 35.5 Å². The molecule has 1 aliphatic heterocycles. The van der Waals surface area contributed by atoms with Crippen LogP contribution in [0.3, 0.4) is 0 Å². The van der Waals surface area contributed by atoms with Crippen molar-refractivity contribution < 1.29 is 19.4 Å². The zero-order chi connectivity index (χ0) is 20.8. The number of ketones is 1. The van der Waals surface area contributed by atoms with Gasteiger partial charge in [-0.25, -0.2) is 4.79 Å². The smallest absolute Gasteiger partial charge is 0.331 e. The molecule has 1 N–H and O–H groups in total. The van der Waals surface area contributed by atoms with Crippen LogP contribution in [-0.4, -0.2) is 29.6 Å². The van der Waals surface area contributed by atoms with Gasteiger partial charge in [0.15, 0.2) is 5.78 Å². The average Bonchev–Trinajstić information content (AvgIpc) is 3.23. The molecule has 4 heteroatoms. The summed E-state index contributed by atoms with van der Waals surface area (Å²) in [5.41, 5.74) is 1.97. The van der Waals surface area contributed by atoms with Crippen LogP contribution in [0, 0.1) is 39.9 Å². The van der Waals surface area contributed by atoms with E-state index in [0.29, 0.717) is 24.9 Å². The molecule has 0 spiro atoms. The molecule has 1 heterocycles. The summed E-state index contributed by atoms with van der Waals surface area (Å²) >= 11 is 0. The van der Waals surface area contributed by atoms with E-state index in [0.717, 1.165) is 24.8 Å². The highest BCUT2D eigenvalue weighted by Gasteiger charge is 2.62. The molecule has 156 valence electrons. The molecule has 5 aliphatic rings. The van der Waals surface area contributed by atoms with E-state index in [4.69, 9.17) is 4.74 Å². The number of aliphatic hydroxyl groups excluding tert-OH is 1. The Morgan fingerprint density at radius 2 is 1.93 bits per heavy atom. The maximum Gasteiger partial charge on any atom is 0.331 e. The quantitative estimate of drug-likeness (QED) is 0.537. The van der Waals surface area contributed by atoms with E-state index < -0.39 is 11.5 Å². The van der Waals surface area contributed by atoms with Gasteiger partial charge in [0.2, 0.25) is 0 Å². The number of rotatable bonds is 1. The Morgan fingerprint density at radius 3 is 2.62 bits per heavy atom.